The molecule has 19 heavy (non-hydrogen) atoms. The van der Waals surface area contributed by atoms with Gasteiger partial charge in [-0.25, -0.2) is 0 Å². The first-order chi connectivity index (χ1) is 8.98. The molecule has 1 aliphatic rings. The Labute approximate surface area is 111 Å². The molecule has 0 saturated carbocycles. The van der Waals surface area contributed by atoms with Crippen molar-refractivity contribution in [1.82, 2.24) is 10.2 Å². The van der Waals surface area contributed by atoms with Crippen molar-refractivity contribution in [3.8, 4) is 0 Å². The zero-order valence-electron chi connectivity index (χ0n) is 10.9. The summed E-state index contributed by atoms with van der Waals surface area (Å²) in [5.74, 6) is -0.305. The van der Waals surface area contributed by atoms with Gasteiger partial charge in [0.05, 0.1) is 17.4 Å². The summed E-state index contributed by atoms with van der Waals surface area (Å²) in [4.78, 5) is 25.1. The zero-order valence-corrected chi connectivity index (χ0v) is 10.9. The van der Waals surface area contributed by atoms with E-state index in [9.17, 15) is 14.7 Å². The first kappa shape index (κ1) is 13.6. The summed E-state index contributed by atoms with van der Waals surface area (Å²) in [6, 6.07) is 1.56. The average molecular weight is 266 g/mol. The molecular formula is C13H18N2O4. The summed E-state index contributed by atoms with van der Waals surface area (Å²) in [7, 11) is 0. The minimum absolute atomic E-state index is 0.0507. The van der Waals surface area contributed by atoms with Gasteiger partial charge in [0.1, 0.15) is 6.26 Å². The van der Waals surface area contributed by atoms with Crippen molar-refractivity contribution >= 4 is 11.8 Å². The van der Waals surface area contributed by atoms with Crippen molar-refractivity contribution in [2.24, 2.45) is 0 Å². The zero-order chi connectivity index (χ0) is 13.9. The normalized spacial score (nSPS) is 22.5. The Hall–Kier alpha value is -1.82. The van der Waals surface area contributed by atoms with E-state index in [0.29, 0.717) is 25.1 Å². The third kappa shape index (κ3) is 3.57. The molecule has 1 aromatic rings. The van der Waals surface area contributed by atoms with Gasteiger partial charge in [-0.2, -0.15) is 0 Å². The van der Waals surface area contributed by atoms with Crippen LogP contribution in [0.15, 0.2) is 23.0 Å². The van der Waals surface area contributed by atoms with Crippen molar-refractivity contribution in [3.05, 3.63) is 24.2 Å². The van der Waals surface area contributed by atoms with E-state index in [1.165, 1.54) is 12.5 Å². The summed E-state index contributed by atoms with van der Waals surface area (Å²) in [6.07, 6.45) is 3.61. The van der Waals surface area contributed by atoms with Gasteiger partial charge in [-0.1, -0.05) is 0 Å². The lowest BCUT2D eigenvalue weighted by Crippen LogP contribution is -2.36. The predicted molar refractivity (Wildman–Crippen MR) is 67.5 cm³/mol. The van der Waals surface area contributed by atoms with Crippen molar-refractivity contribution in [3.63, 3.8) is 0 Å². The SMILES string of the molecule is CC1(O)CCN(C(=O)CCNC(=O)c2ccoc2)C1. The van der Waals surface area contributed by atoms with Crippen LogP contribution in [0, 0.1) is 0 Å². The number of hydrogen-bond donors (Lipinski definition) is 2. The Bertz CT molecular complexity index is 453. The van der Waals surface area contributed by atoms with Gasteiger partial charge in [-0.15, -0.1) is 0 Å². The number of aliphatic hydroxyl groups is 1. The highest BCUT2D eigenvalue weighted by Gasteiger charge is 2.33. The average Bonchev–Trinajstić information content (AvgIpc) is 2.97. The summed E-state index contributed by atoms with van der Waals surface area (Å²) < 4.78 is 4.80. The number of amides is 2. The number of nitrogens with one attached hydrogen (secondary N) is 1. The Morgan fingerprint density at radius 2 is 2.37 bits per heavy atom. The molecule has 0 radical (unpaired) electrons. The molecule has 1 saturated heterocycles. The van der Waals surface area contributed by atoms with Gasteiger partial charge in [0.15, 0.2) is 0 Å². The number of rotatable bonds is 4. The van der Waals surface area contributed by atoms with Gasteiger partial charge in [0, 0.05) is 26.1 Å². The highest BCUT2D eigenvalue weighted by Crippen LogP contribution is 2.20. The van der Waals surface area contributed by atoms with Crippen LogP contribution in [0.2, 0.25) is 0 Å². The molecule has 2 heterocycles. The van der Waals surface area contributed by atoms with Gasteiger partial charge in [0.2, 0.25) is 5.91 Å². The standard InChI is InChI=1S/C13H18N2O4/c1-13(18)4-6-15(9-13)11(16)2-5-14-12(17)10-3-7-19-8-10/h3,7-8,18H,2,4-6,9H2,1H3,(H,14,17). The Balaban J connectivity index is 1.71. The van der Waals surface area contributed by atoms with E-state index in [4.69, 9.17) is 4.42 Å². The van der Waals surface area contributed by atoms with E-state index >= 15 is 0 Å². The molecule has 1 unspecified atom stereocenters. The molecule has 1 aliphatic heterocycles. The van der Waals surface area contributed by atoms with Crippen molar-refractivity contribution < 1.29 is 19.1 Å². The fourth-order valence-corrected chi connectivity index (χ4v) is 2.09. The lowest BCUT2D eigenvalue weighted by Gasteiger charge is -2.19. The predicted octanol–water partition coefficient (Wildman–Crippen LogP) is 0.383. The second kappa shape index (κ2) is 5.44. The minimum atomic E-state index is -0.782. The second-order valence-electron chi connectivity index (χ2n) is 5.08. The molecule has 0 aromatic carbocycles. The summed E-state index contributed by atoms with van der Waals surface area (Å²) >= 11 is 0. The molecule has 0 bridgehead atoms. The molecule has 2 N–H and O–H groups in total. The van der Waals surface area contributed by atoms with Crippen molar-refractivity contribution in [1.29, 1.82) is 0 Å². The number of carbonyl (C=O) groups is 2. The van der Waals surface area contributed by atoms with E-state index in [-0.39, 0.29) is 24.8 Å². The molecule has 6 heteroatoms. The van der Waals surface area contributed by atoms with Crippen LogP contribution in [-0.4, -0.2) is 47.1 Å². The highest BCUT2D eigenvalue weighted by molar-refractivity contribution is 5.94. The number of carbonyl (C=O) groups excluding carboxylic acids is 2. The summed E-state index contributed by atoms with van der Waals surface area (Å²) in [5.41, 5.74) is -0.341. The number of hydrogen-bond acceptors (Lipinski definition) is 4. The molecule has 2 rings (SSSR count). The van der Waals surface area contributed by atoms with E-state index in [1.807, 2.05) is 0 Å². The topological polar surface area (TPSA) is 82.8 Å². The number of furan rings is 1. The molecule has 0 aliphatic carbocycles. The maximum absolute atomic E-state index is 11.8. The van der Waals surface area contributed by atoms with Crippen LogP contribution in [0.1, 0.15) is 30.1 Å². The number of likely N-dealkylation sites (tertiary alicyclic amines) is 1. The molecule has 1 fully saturated rings. The van der Waals surface area contributed by atoms with Crippen molar-refractivity contribution in [2.75, 3.05) is 19.6 Å². The lowest BCUT2D eigenvalue weighted by molar-refractivity contribution is -0.130. The van der Waals surface area contributed by atoms with Gasteiger partial charge in [0.25, 0.3) is 5.91 Å². The van der Waals surface area contributed by atoms with E-state index in [1.54, 1.807) is 17.9 Å². The Morgan fingerprint density at radius 1 is 1.58 bits per heavy atom. The molecule has 1 atom stereocenters. The van der Waals surface area contributed by atoms with Crippen LogP contribution in [-0.2, 0) is 4.79 Å². The van der Waals surface area contributed by atoms with Gasteiger partial charge < -0.3 is 19.7 Å². The highest BCUT2D eigenvalue weighted by atomic mass is 16.3. The molecule has 6 nitrogen and oxygen atoms in total. The third-order valence-corrected chi connectivity index (χ3v) is 3.21. The van der Waals surface area contributed by atoms with Crippen LogP contribution >= 0.6 is 0 Å². The second-order valence-corrected chi connectivity index (χ2v) is 5.08. The summed E-state index contributed by atoms with van der Waals surface area (Å²) in [5, 5.41) is 12.4. The molecule has 104 valence electrons. The molecule has 0 spiro atoms. The maximum atomic E-state index is 11.8. The van der Waals surface area contributed by atoms with E-state index in [2.05, 4.69) is 5.32 Å². The van der Waals surface area contributed by atoms with Gasteiger partial charge >= 0.3 is 0 Å². The van der Waals surface area contributed by atoms with Crippen LogP contribution in [0.5, 0.6) is 0 Å². The van der Waals surface area contributed by atoms with Crippen LogP contribution < -0.4 is 5.32 Å². The largest absolute Gasteiger partial charge is 0.472 e. The van der Waals surface area contributed by atoms with Gasteiger partial charge in [-0.05, 0) is 19.4 Å². The van der Waals surface area contributed by atoms with E-state index < -0.39 is 5.60 Å². The minimum Gasteiger partial charge on any atom is -0.472 e. The fraction of sp³-hybridized carbons (Fsp3) is 0.538. The first-order valence-electron chi connectivity index (χ1n) is 6.28. The third-order valence-electron chi connectivity index (χ3n) is 3.21. The first-order valence-corrected chi connectivity index (χ1v) is 6.28. The van der Waals surface area contributed by atoms with Crippen LogP contribution in [0.3, 0.4) is 0 Å². The quantitative estimate of drug-likeness (QED) is 0.825. The molecule has 2 amide bonds. The molecule has 1 aromatic heterocycles. The van der Waals surface area contributed by atoms with Gasteiger partial charge in [-0.3, -0.25) is 9.59 Å². The Morgan fingerprint density at radius 3 is 2.95 bits per heavy atom. The smallest absolute Gasteiger partial charge is 0.254 e. The molecular weight excluding hydrogens is 248 g/mol. The lowest BCUT2D eigenvalue weighted by atomic mass is 10.1. The maximum Gasteiger partial charge on any atom is 0.254 e. The summed E-state index contributed by atoms with van der Waals surface area (Å²) in [6.45, 7) is 2.94. The number of β-amino-alcohol motifs (C(OH)–C–C–N with tert-alkyl or cyclic N) is 1. The fourth-order valence-electron chi connectivity index (χ4n) is 2.09. The Kier molecular flexibility index (Phi) is 3.90. The van der Waals surface area contributed by atoms with Crippen molar-refractivity contribution in [2.45, 2.75) is 25.4 Å². The van der Waals surface area contributed by atoms with E-state index in [0.717, 1.165) is 0 Å². The van der Waals surface area contributed by atoms with Crippen LogP contribution in [0.25, 0.3) is 0 Å². The monoisotopic (exact) mass is 266 g/mol. The number of nitrogens with zero attached hydrogens (tertiary/aromatic N) is 1. The van der Waals surface area contributed by atoms with Crippen LogP contribution in [0.4, 0.5) is 0 Å².